The standard InChI is InChI=1S/C26H31N5O/c1-18-16-22(30-15-12-23(17-30)31-14-3-4-19(31)2)9-10-24(18)28-26(32)21-7-5-20(6-8-21)25-11-13-27-29-25/h5-11,13,16,19,23H,3-4,12,14-15,17H2,1-2H3,(H,27,29)(H,28,32). The molecule has 1 amide bonds. The second kappa shape index (κ2) is 8.79. The zero-order valence-electron chi connectivity index (χ0n) is 18.8. The van der Waals surface area contributed by atoms with Crippen molar-refractivity contribution < 1.29 is 4.79 Å². The number of hydrogen-bond acceptors (Lipinski definition) is 4. The van der Waals surface area contributed by atoms with Gasteiger partial charge in [0, 0.05) is 48.3 Å². The normalized spacial score (nSPS) is 21.2. The average Bonchev–Trinajstić information content (AvgIpc) is 3.57. The summed E-state index contributed by atoms with van der Waals surface area (Å²) in [5.41, 5.74) is 5.78. The number of nitrogens with zero attached hydrogens (tertiary/aromatic N) is 3. The Kier molecular flexibility index (Phi) is 5.70. The van der Waals surface area contributed by atoms with E-state index in [0.29, 0.717) is 17.6 Å². The lowest BCUT2D eigenvalue weighted by Crippen LogP contribution is -2.39. The van der Waals surface area contributed by atoms with Gasteiger partial charge >= 0.3 is 0 Å². The average molecular weight is 430 g/mol. The van der Waals surface area contributed by atoms with Gasteiger partial charge in [-0.25, -0.2) is 0 Å². The zero-order chi connectivity index (χ0) is 22.1. The summed E-state index contributed by atoms with van der Waals surface area (Å²) < 4.78 is 0. The molecule has 2 saturated heterocycles. The first-order chi connectivity index (χ1) is 15.6. The molecule has 2 N–H and O–H groups in total. The number of aromatic amines is 1. The highest BCUT2D eigenvalue weighted by Gasteiger charge is 2.33. The van der Waals surface area contributed by atoms with Crippen LogP contribution in [0.15, 0.2) is 54.7 Å². The molecule has 166 valence electrons. The predicted octanol–water partition coefficient (Wildman–Crippen LogP) is 4.70. The van der Waals surface area contributed by atoms with Gasteiger partial charge in [0.2, 0.25) is 0 Å². The van der Waals surface area contributed by atoms with Crippen LogP contribution in [0.1, 0.15) is 42.1 Å². The van der Waals surface area contributed by atoms with Crippen LogP contribution in [0, 0.1) is 6.92 Å². The van der Waals surface area contributed by atoms with Crippen molar-refractivity contribution in [3.05, 3.63) is 65.9 Å². The van der Waals surface area contributed by atoms with E-state index in [4.69, 9.17) is 0 Å². The molecule has 0 bridgehead atoms. The molecular formula is C26H31N5O. The number of anilines is 2. The molecule has 3 heterocycles. The fourth-order valence-electron chi connectivity index (χ4n) is 5.14. The van der Waals surface area contributed by atoms with Crippen LogP contribution >= 0.6 is 0 Å². The number of aryl methyl sites for hydroxylation is 1. The Morgan fingerprint density at radius 2 is 1.94 bits per heavy atom. The molecule has 2 aliphatic rings. The van der Waals surface area contributed by atoms with Crippen molar-refractivity contribution in [1.29, 1.82) is 0 Å². The summed E-state index contributed by atoms with van der Waals surface area (Å²) >= 11 is 0. The third-order valence-electron chi connectivity index (χ3n) is 7.02. The number of carbonyl (C=O) groups is 1. The molecule has 0 saturated carbocycles. The molecule has 2 fully saturated rings. The van der Waals surface area contributed by atoms with Crippen LogP contribution in [0.4, 0.5) is 11.4 Å². The number of nitrogens with one attached hydrogen (secondary N) is 2. The van der Waals surface area contributed by atoms with E-state index in [1.807, 2.05) is 36.4 Å². The van der Waals surface area contributed by atoms with Crippen LogP contribution in [-0.2, 0) is 0 Å². The minimum Gasteiger partial charge on any atom is -0.370 e. The number of hydrogen-bond donors (Lipinski definition) is 2. The number of H-pyrrole nitrogens is 1. The fourth-order valence-corrected chi connectivity index (χ4v) is 5.14. The first kappa shape index (κ1) is 20.8. The monoisotopic (exact) mass is 429 g/mol. The molecule has 2 aromatic carbocycles. The Morgan fingerprint density at radius 1 is 1.09 bits per heavy atom. The molecule has 2 aliphatic heterocycles. The molecule has 2 unspecified atom stereocenters. The quantitative estimate of drug-likeness (QED) is 0.617. The number of aromatic nitrogens is 2. The van der Waals surface area contributed by atoms with Crippen molar-refractivity contribution in [3.63, 3.8) is 0 Å². The number of likely N-dealkylation sites (tertiary alicyclic amines) is 1. The Hall–Kier alpha value is -3.12. The maximum Gasteiger partial charge on any atom is 0.255 e. The van der Waals surface area contributed by atoms with Crippen LogP contribution in [0.25, 0.3) is 11.3 Å². The van der Waals surface area contributed by atoms with E-state index in [1.165, 1.54) is 31.5 Å². The van der Waals surface area contributed by atoms with Crippen molar-refractivity contribution in [3.8, 4) is 11.3 Å². The van der Waals surface area contributed by atoms with Crippen molar-refractivity contribution in [2.75, 3.05) is 29.9 Å². The van der Waals surface area contributed by atoms with E-state index in [0.717, 1.165) is 35.6 Å². The smallest absolute Gasteiger partial charge is 0.255 e. The summed E-state index contributed by atoms with van der Waals surface area (Å²) in [6.45, 7) is 7.87. The molecule has 0 aliphatic carbocycles. The number of benzene rings is 2. The van der Waals surface area contributed by atoms with Crippen molar-refractivity contribution in [2.45, 2.75) is 45.2 Å². The molecule has 1 aromatic heterocycles. The molecule has 6 heteroatoms. The number of rotatable bonds is 5. The fraction of sp³-hybridized carbons (Fsp3) is 0.385. The van der Waals surface area contributed by atoms with Crippen molar-refractivity contribution >= 4 is 17.3 Å². The first-order valence-corrected chi connectivity index (χ1v) is 11.6. The van der Waals surface area contributed by atoms with Crippen LogP contribution in [0.2, 0.25) is 0 Å². The van der Waals surface area contributed by atoms with Crippen molar-refractivity contribution in [2.24, 2.45) is 0 Å². The lowest BCUT2D eigenvalue weighted by molar-refractivity contribution is 0.102. The maximum atomic E-state index is 12.8. The van der Waals surface area contributed by atoms with Gasteiger partial charge in [0.25, 0.3) is 5.91 Å². The van der Waals surface area contributed by atoms with E-state index < -0.39 is 0 Å². The van der Waals surface area contributed by atoms with Gasteiger partial charge < -0.3 is 10.2 Å². The third kappa shape index (κ3) is 4.15. The lowest BCUT2D eigenvalue weighted by atomic mass is 10.1. The van der Waals surface area contributed by atoms with Gasteiger partial charge in [0.15, 0.2) is 0 Å². The molecule has 3 aromatic rings. The summed E-state index contributed by atoms with van der Waals surface area (Å²) in [4.78, 5) is 18.0. The summed E-state index contributed by atoms with van der Waals surface area (Å²) in [6, 6.07) is 17.2. The highest BCUT2D eigenvalue weighted by molar-refractivity contribution is 6.05. The summed E-state index contributed by atoms with van der Waals surface area (Å²) in [5, 5.41) is 9.99. The molecule has 32 heavy (non-hydrogen) atoms. The van der Waals surface area contributed by atoms with E-state index >= 15 is 0 Å². The summed E-state index contributed by atoms with van der Waals surface area (Å²) in [6.07, 6.45) is 5.61. The highest BCUT2D eigenvalue weighted by Crippen LogP contribution is 2.30. The molecule has 2 atom stereocenters. The van der Waals surface area contributed by atoms with Gasteiger partial charge in [-0.15, -0.1) is 0 Å². The topological polar surface area (TPSA) is 64.3 Å². The van der Waals surface area contributed by atoms with E-state index in [9.17, 15) is 4.79 Å². The van der Waals surface area contributed by atoms with Gasteiger partial charge in [-0.1, -0.05) is 12.1 Å². The van der Waals surface area contributed by atoms with Gasteiger partial charge in [-0.05, 0) is 87.2 Å². The van der Waals surface area contributed by atoms with Gasteiger partial charge in [0.1, 0.15) is 0 Å². The summed E-state index contributed by atoms with van der Waals surface area (Å²) in [5.74, 6) is -0.0960. The van der Waals surface area contributed by atoms with Crippen molar-refractivity contribution in [1.82, 2.24) is 15.1 Å². The van der Waals surface area contributed by atoms with Crippen LogP contribution in [-0.4, -0.2) is 52.7 Å². The third-order valence-corrected chi connectivity index (χ3v) is 7.02. The molecular weight excluding hydrogens is 398 g/mol. The number of amides is 1. The lowest BCUT2D eigenvalue weighted by Gasteiger charge is -2.28. The Balaban J connectivity index is 1.23. The second-order valence-electron chi connectivity index (χ2n) is 9.12. The molecule has 5 rings (SSSR count). The molecule has 0 spiro atoms. The highest BCUT2D eigenvalue weighted by atomic mass is 16.1. The van der Waals surface area contributed by atoms with E-state index in [2.05, 4.69) is 51.3 Å². The largest absolute Gasteiger partial charge is 0.370 e. The van der Waals surface area contributed by atoms with E-state index in [-0.39, 0.29) is 5.91 Å². The Bertz CT molecular complexity index is 1080. The number of carbonyl (C=O) groups excluding carboxylic acids is 1. The Labute approximate surface area is 189 Å². The zero-order valence-corrected chi connectivity index (χ0v) is 18.8. The second-order valence-corrected chi connectivity index (χ2v) is 9.12. The molecule has 6 nitrogen and oxygen atoms in total. The van der Waals surface area contributed by atoms with Gasteiger partial charge in [-0.3, -0.25) is 14.8 Å². The minimum atomic E-state index is -0.0960. The predicted molar refractivity (Wildman–Crippen MR) is 129 cm³/mol. The maximum absolute atomic E-state index is 12.8. The van der Waals surface area contributed by atoms with Crippen LogP contribution in [0.3, 0.4) is 0 Å². The molecule has 0 radical (unpaired) electrons. The SMILES string of the molecule is Cc1cc(N2CCC(N3CCCC3C)C2)ccc1NC(=O)c1ccc(-c2ccn[nH]2)cc1. The first-order valence-electron chi connectivity index (χ1n) is 11.6. The minimum absolute atomic E-state index is 0.0960. The van der Waals surface area contributed by atoms with E-state index in [1.54, 1.807) is 6.20 Å². The van der Waals surface area contributed by atoms with Crippen LogP contribution < -0.4 is 10.2 Å². The van der Waals surface area contributed by atoms with Crippen LogP contribution in [0.5, 0.6) is 0 Å². The van der Waals surface area contributed by atoms with Gasteiger partial charge in [0.05, 0.1) is 5.69 Å². The Morgan fingerprint density at radius 3 is 2.62 bits per heavy atom. The summed E-state index contributed by atoms with van der Waals surface area (Å²) in [7, 11) is 0. The van der Waals surface area contributed by atoms with Gasteiger partial charge in [-0.2, -0.15) is 5.10 Å².